The highest BCUT2D eigenvalue weighted by molar-refractivity contribution is 9.08. The van der Waals surface area contributed by atoms with Gasteiger partial charge in [-0.1, -0.05) is 33.6 Å². The number of anilines is 1. The van der Waals surface area contributed by atoms with Gasteiger partial charge in [-0.15, -0.1) is 0 Å². The Morgan fingerprint density at radius 2 is 2.05 bits per heavy atom. The van der Waals surface area contributed by atoms with Gasteiger partial charge < -0.3 is 4.90 Å². The highest BCUT2D eigenvalue weighted by Gasteiger charge is 2.35. The van der Waals surface area contributed by atoms with Crippen LogP contribution in [0.4, 0.5) is 5.69 Å². The zero-order valence-electron chi connectivity index (χ0n) is 11.3. The van der Waals surface area contributed by atoms with Crippen molar-refractivity contribution in [3.8, 4) is 0 Å². The lowest BCUT2D eigenvalue weighted by Crippen LogP contribution is -2.37. The smallest absolute Gasteiger partial charge is 0.0467 e. The fraction of sp³-hybridized carbons (Fsp3) is 0.600. The van der Waals surface area contributed by atoms with Gasteiger partial charge in [-0.3, -0.25) is 4.90 Å². The molecule has 19 heavy (non-hydrogen) atoms. The summed E-state index contributed by atoms with van der Waals surface area (Å²) in [5.74, 6) is 0. The lowest BCUT2D eigenvalue weighted by atomic mass is 10.1. The third-order valence-electron chi connectivity index (χ3n) is 4.72. The predicted molar refractivity (Wildman–Crippen MR) is 85.5 cm³/mol. The third-order valence-corrected chi connectivity index (χ3v) is 5.63. The van der Waals surface area contributed by atoms with Crippen molar-refractivity contribution >= 4 is 33.2 Å². The van der Waals surface area contributed by atoms with Gasteiger partial charge in [0.25, 0.3) is 0 Å². The average molecular weight is 344 g/mol. The summed E-state index contributed by atoms with van der Waals surface area (Å²) < 4.78 is 0. The standard InChI is InChI=1S/C15H20BrClN2/c1-18-11-5-6-12(18)10-19(8-7-11)15-4-2-3-14(17)13(15)9-16/h2-4,11-12H,5-10H2,1H3. The van der Waals surface area contributed by atoms with Crippen LogP contribution in [-0.2, 0) is 5.33 Å². The molecule has 2 bridgehead atoms. The summed E-state index contributed by atoms with van der Waals surface area (Å²) in [6, 6.07) is 7.74. The first-order valence-corrected chi connectivity index (χ1v) is 8.51. The van der Waals surface area contributed by atoms with Gasteiger partial charge in [-0.05, 0) is 38.4 Å². The molecule has 0 spiro atoms. The number of fused-ring (bicyclic) bond motifs is 2. The summed E-state index contributed by atoms with van der Waals surface area (Å²) in [5, 5.41) is 1.69. The highest BCUT2D eigenvalue weighted by Crippen LogP contribution is 2.34. The van der Waals surface area contributed by atoms with E-state index >= 15 is 0 Å². The SMILES string of the molecule is CN1C2CCC1CN(c1cccc(Cl)c1CBr)CC2. The van der Waals surface area contributed by atoms with Crippen LogP contribution >= 0.6 is 27.5 Å². The topological polar surface area (TPSA) is 6.48 Å². The molecule has 104 valence electrons. The number of hydrogen-bond donors (Lipinski definition) is 0. The third kappa shape index (κ3) is 2.53. The molecule has 2 saturated heterocycles. The second-order valence-corrected chi connectivity index (χ2v) is 6.62. The van der Waals surface area contributed by atoms with Crippen molar-refractivity contribution < 1.29 is 0 Å². The van der Waals surface area contributed by atoms with Crippen molar-refractivity contribution in [3.63, 3.8) is 0 Å². The van der Waals surface area contributed by atoms with E-state index in [1.54, 1.807) is 0 Å². The molecule has 3 rings (SSSR count). The first-order valence-electron chi connectivity index (χ1n) is 7.01. The van der Waals surface area contributed by atoms with Crippen LogP contribution in [0.1, 0.15) is 24.8 Å². The van der Waals surface area contributed by atoms with Gasteiger partial charge in [0.2, 0.25) is 0 Å². The second-order valence-electron chi connectivity index (χ2n) is 5.66. The number of hydrogen-bond acceptors (Lipinski definition) is 2. The maximum Gasteiger partial charge on any atom is 0.0467 e. The Hall–Kier alpha value is -0.250. The van der Waals surface area contributed by atoms with E-state index in [0.717, 1.165) is 29.5 Å². The lowest BCUT2D eigenvalue weighted by molar-refractivity contribution is 0.254. The summed E-state index contributed by atoms with van der Waals surface area (Å²) >= 11 is 9.91. The van der Waals surface area contributed by atoms with E-state index in [0.29, 0.717) is 6.04 Å². The average Bonchev–Trinajstić information content (AvgIpc) is 2.63. The predicted octanol–water partition coefficient (Wildman–Crippen LogP) is 3.91. The van der Waals surface area contributed by atoms with Crippen molar-refractivity contribution in [2.45, 2.75) is 36.7 Å². The first-order chi connectivity index (χ1) is 9.20. The highest BCUT2D eigenvalue weighted by atomic mass is 79.9. The second kappa shape index (κ2) is 5.63. The molecule has 2 heterocycles. The lowest BCUT2D eigenvalue weighted by Gasteiger charge is -2.29. The molecular weight excluding hydrogens is 324 g/mol. The van der Waals surface area contributed by atoms with Crippen LogP contribution in [0.15, 0.2) is 18.2 Å². The summed E-state index contributed by atoms with van der Waals surface area (Å²) in [5.41, 5.74) is 2.54. The minimum absolute atomic E-state index is 0.703. The van der Waals surface area contributed by atoms with E-state index in [2.05, 4.69) is 44.9 Å². The molecule has 2 aliphatic heterocycles. The normalized spacial score (nSPS) is 27.6. The van der Waals surface area contributed by atoms with Gasteiger partial charge in [0.15, 0.2) is 0 Å². The Morgan fingerprint density at radius 3 is 2.84 bits per heavy atom. The molecule has 2 fully saturated rings. The summed E-state index contributed by atoms with van der Waals surface area (Å²) in [6.07, 6.45) is 3.97. The maximum absolute atomic E-state index is 6.33. The zero-order valence-corrected chi connectivity index (χ0v) is 13.6. The number of likely N-dealkylation sites (N-methyl/N-ethyl adjacent to an activating group) is 1. The van der Waals surface area contributed by atoms with Crippen molar-refractivity contribution in [3.05, 3.63) is 28.8 Å². The van der Waals surface area contributed by atoms with Crippen LogP contribution in [0.5, 0.6) is 0 Å². The van der Waals surface area contributed by atoms with Crippen LogP contribution < -0.4 is 4.90 Å². The van der Waals surface area contributed by atoms with E-state index in [-0.39, 0.29) is 0 Å². The Labute approximate surface area is 128 Å². The zero-order chi connectivity index (χ0) is 13.4. The fourth-order valence-corrected chi connectivity index (χ4v) is 4.49. The number of nitrogens with zero attached hydrogens (tertiary/aromatic N) is 2. The quantitative estimate of drug-likeness (QED) is 0.751. The van der Waals surface area contributed by atoms with Gasteiger partial charge in [-0.2, -0.15) is 0 Å². The van der Waals surface area contributed by atoms with Crippen molar-refractivity contribution in [1.29, 1.82) is 0 Å². The molecule has 1 aromatic carbocycles. The van der Waals surface area contributed by atoms with Crippen LogP contribution in [0.2, 0.25) is 5.02 Å². The van der Waals surface area contributed by atoms with Gasteiger partial charge in [0, 0.05) is 46.8 Å². The Balaban J connectivity index is 1.89. The molecule has 0 saturated carbocycles. The van der Waals surface area contributed by atoms with E-state index in [9.17, 15) is 0 Å². The number of halogens is 2. The van der Waals surface area contributed by atoms with Crippen molar-refractivity contribution in [2.24, 2.45) is 0 Å². The monoisotopic (exact) mass is 342 g/mol. The van der Waals surface area contributed by atoms with Gasteiger partial charge in [-0.25, -0.2) is 0 Å². The van der Waals surface area contributed by atoms with E-state index in [1.807, 2.05) is 6.07 Å². The van der Waals surface area contributed by atoms with Gasteiger partial charge in [0.05, 0.1) is 0 Å². The summed E-state index contributed by atoms with van der Waals surface area (Å²) in [6.45, 7) is 2.28. The van der Waals surface area contributed by atoms with Gasteiger partial charge in [0.1, 0.15) is 0 Å². The van der Waals surface area contributed by atoms with Crippen LogP contribution in [0.25, 0.3) is 0 Å². The molecule has 4 heteroatoms. The largest absolute Gasteiger partial charge is 0.370 e. The minimum atomic E-state index is 0.703. The molecule has 0 radical (unpaired) electrons. The van der Waals surface area contributed by atoms with Crippen LogP contribution in [0.3, 0.4) is 0 Å². The van der Waals surface area contributed by atoms with E-state index in [1.165, 1.54) is 30.5 Å². The molecule has 0 N–H and O–H groups in total. The van der Waals surface area contributed by atoms with Crippen LogP contribution in [0, 0.1) is 0 Å². The molecule has 2 unspecified atom stereocenters. The number of alkyl halides is 1. The molecule has 0 aromatic heterocycles. The van der Waals surface area contributed by atoms with Crippen molar-refractivity contribution in [1.82, 2.24) is 4.90 Å². The number of benzene rings is 1. The molecule has 0 aliphatic carbocycles. The molecule has 1 aromatic rings. The summed E-state index contributed by atoms with van der Waals surface area (Å²) in [7, 11) is 2.29. The van der Waals surface area contributed by atoms with Crippen LogP contribution in [-0.4, -0.2) is 37.1 Å². The molecule has 2 aliphatic rings. The van der Waals surface area contributed by atoms with E-state index < -0.39 is 0 Å². The molecule has 0 amide bonds. The Kier molecular flexibility index (Phi) is 4.06. The van der Waals surface area contributed by atoms with Gasteiger partial charge >= 0.3 is 0 Å². The fourth-order valence-electron chi connectivity index (χ4n) is 3.50. The van der Waals surface area contributed by atoms with Crippen molar-refractivity contribution in [2.75, 3.05) is 25.0 Å². The Bertz CT molecular complexity index is 465. The molecule has 2 nitrogen and oxygen atoms in total. The number of rotatable bonds is 2. The maximum atomic E-state index is 6.33. The minimum Gasteiger partial charge on any atom is -0.370 e. The Morgan fingerprint density at radius 1 is 1.26 bits per heavy atom. The first kappa shape index (κ1) is 13.7. The molecule has 2 atom stereocenters. The molecular formula is C15H20BrClN2. The van der Waals surface area contributed by atoms with E-state index in [4.69, 9.17) is 11.6 Å². The summed E-state index contributed by atoms with van der Waals surface area (Å²) in [4.78, 5) is 5.11.